The summed E-state index contributed by atoms with van der Waals surface area (Å²) >= 11 is 1.48. The molecule has 0 bridgehead atoms. The van der Waals surface area contributed by atoms with Crippen LogP contribution in [0.2, 0.25) is 0 Å². The van der Waals surface area contributed by atoms with Crippen LogP contribution in [-0.4, -0.2) is 38.9 Å². The van der Waals surface area contributed by atoms with E-state index >= 15 is 0 Å². The summed E-state index contributed by atoms with van der Waals surface area (Å²) < 4.78 is 32.2. The quantitative estimate of drug-likeness (QED) is 0.622. The molecule has 2 aromatic carbocycles. The van der Waals surface area contributed by atoms with E-state index in [9.17, 15) is 18.0 Å². The molecule has 154 valence electrons. The number of nitrogens with zero attached hydrogens (tertiary/aromatic N) is 2. The smallest absolute Gasteiger partial charge is 0.337 e. The molecule has 0 spiro atoms. The highest BCUT2D eigenvalue weighted by molar-refractivity contribution is 7.92. The van der Waals surface area contributed by atoms with E-state index in [0.717, 1.165) is 20.6 Å². The third-order valence-corrected chi connectivity index (χ3v) is 7.34. The number of hydrogen-bond acceptors (Lipinski definition) is 7. The van der Waals surface area contributed by atoms with Gasteiger partial charge in [0.1, 0.15) is 11.6 Å². The van der Waals surface area contributed by atoms with E-state index in [-0.39, 0.29) is 28.4 Å². The number of thiazole rings is 1. The SMILES string of the molecule is COC(=O)c1ccc2c(c1)NC(=O)CN2S(=O)(=O)c1ccc(-c2nc(C)cs2)cc1. The summed E-state index contributed by atoms with van der Waals surface area (Å²) in [6, 6.07) is 10.7. The van der Waals surface area contributed by atoms with E-state index < -0.39 is 21.9 Å². The second kappa shape index (κ2) is 7.54. The largest absolute Gasteiger partial charge is 0.465 e. The van der Waals surface area contributed by atoms with Crippen LogP contribution in [0.25, 0.3) is 10.6 Å². The number of aryl methyl sites for hydroxylation is 1. The van der Waals surface area contributed by atoms with Crippen molar-refractivity contribution < 1.29 is 22.7 Å². The van der Waals surface area contributed by atoms with E-state index in [4.69, 9.17) is 0 Å². The van der Waals surface area contributed by atoms with Crippen molar-refractivity contribution in [2.75, 3.05) is 23.3 Å². The first kappa shape index (κ1) is 20.0. The standard InChI is InChI=1S/C20H17N3O5S2/c1-12-11-29-19(21-12)13-3-6-15(7-4-13)30(26,27)23-10-18(24)22-16-9-14(20(25)28-2)5-8-17(16)23/h3-9,11H,10H2,1-2H3,(H,22,24). The number of carbonyl (C=O) groups is 2. The number of anilines is 2. The molecule has 8 nitrogen and oxygen atoms in total. The number of nitrogens with one attached hydrogen (secondary N) is 1. The van der Waals surface area contributed by atoms with Crippen LogP contribution in [0.15, 0.2) is 52.7 Å². The second-order valence-corrected chi connectivity index (χ2v) is 9.32. The number of ether oxygens (including phenoxy) is 1. The van der Waals surface area contributed by atoms with Crippen molar-refractivity contribution in [3.8, 4) is 10.6 Å². The number of sulfonamides is 1. The number of hydrogen-bond donors (Lipinski definition) is 1. The highest BCUT2D eigenvalue weighted by Crippen LogP contribution is 2.35. The molecule has 0 saturated carbocycles. The van der Waals surface area contributed by atoms with Crippen molar-refractivity contribution in [1.29, 1.82) is 0 Å². The van der Waals surface area contributed by atoms with E-state index in [1.54, 1.807) is 12.1 Å². The van der Waals surface area contributed by atoms with Crippen molar-refractivity contribution in [3.63, 3.8) is 0 Å². The molecule has 1 aromatic heterocycles. The molecule has 30 heavy (non-hydrogen) atoms. The van der Waals surface area contributed by atoms with Crippen molar-refractivity contribution >= 4 is 44.6 Å². The molecule has 2 heterocycles. The van der Waals surface area contributed by atoms with Gasteiger partial charge >= 0.3 is 5.97 Å². The summed E-state index contributed by atoms with van der Waals surface area (Å²) in [7, 11) is -2.76. The summed E-state index contributed by atoms with van der Waals surface area (Å²) in [6.45, 7) is 1.53. The molecular formula is C20H17N3O5S2. The Kier molecular flexibility index (Phi) is 5.04. The minimum atomic E-state index is -4.00. The first-order chi connectivity index (χ1) is 14.3. The summed E-state index contributed by atoms with van der Waals surface area (Å²) in [6.07, 6.45) is 0. The lowest BCUT2D eigenvalue weighted by molar-refractivity contribution is -0.115. The zero-order valence-electron chi connectivity index (χ0n) is 16.1. The Morgan fingerprint density at radius 2 is 1.93 bits per heavy atom. The highest BCUT2D eigenvalue weighted by Gasteiger charge is 2.33. The lowest BCUT2D eigenvalue weighted by Gasteiger charge is -2.30. The van der Waals surface area contributed by atoms with Gasteiger partial charge in [0.05, 0.1) is 28.9 Å². The first-order valence-electron chi connectivity index (χ1n) is 8.87. The zero-order chi connectivity index (χ0) is 21.5. The van der Waals surface area contributed by atoms with Crippen molar-refractivity contribution in [2.24, 2.45) is 0 Å². The Labute approximate surface area is 177 Å². The van der Waals surface area contributed by atoms with E-state index in [0.29, 0.717) is 0 Å². The monoisotopic (exact) mass is 443 g/mol. The first-order valence-corrected chi connectivity index (χ1v) is 11.2. The fourth-order valence-corrected chi connectivity index (χ4v) is 5.35. The molecule has 0 aliphatic carbocycles. The van der Waals surface area contributed by atoms with Crippen LogP contribution in [0.3, 0.4) is 0 Å². The fourth-order valence-electron chi connectivity index (χ4n) is 3.10. The minimum absolute atomic E-state index is 0.0530. The Morgan fingerprint density at radius 1 is 1.20 bits per heavy atom. The molecule has 1 amide bonds. The van der Waals surface area contributed by atoms with Gasteiger partial charge in [0.2, 0.25) is 5.91 Å². The fraction of sp³-hybridized carbons (Fsp3) is 0.150. The van der Waals surface area contributed by atoms with Gasteiger partial charge in [0.15, 0.2) is 0 Å². The van der Waals surface area contributed by atoms with Crippen LogP contribution in [0.5, 0.6) is 0 Å². The number of benzene rings is 2. The van der Waals surface area contributed by atoms with Gasteiger partial charge in [-0.25, -0.2) is 18.2 Å². The summed E-state index contributed by atoms with van der Waals surface area (Å²) in [4.78, 5) is 28.4. The Bertz CT molecular complexity index is 1250. The third kappa shape index (κ3) is 3.55. The predicted octanol–water partition coefficient (Wildman–Crippen LogP) is 3.05. The van der Waals surface area contributed by atoms with Gasteiger partial charge in [-0.2, -0.15) is 0 Å². The predicted molar refractivity (Wildman–Crippen MR) is 113 cm³/mol. The summed E-state index contributed by atoms with van der Waals surface area (Å²) in [5.41, 5.74) is 2.42. The summed E-state index contributed by atoms with van der Waals surface area (Å²) in [5.74, 6) is -1.08. The topological polar surface area (TPSA) is 106 Å². The minimum Gasteiger partial charge on any atom is -0.465 e. The molecule has 0 saturated heterocycles. The van der Waals surface area contributed by atoms with Crippen LogP contribution in [0.1, 0.15) is 16.1 Å². The van der Waals surface area contributed by atoms with Crippen LogP contribution >= 0.6 is 11.3 Å². The highest BCUT2D eigenvalue weighted by atomic mass is 32.2. The van der Waals surface area contributed by atoms with Crippen LogP contribution in [-0.2, 0) is 19.6 Å². The molecule has 1 aliphatic rings. The number of amides is 1. The molecule has 0 unspecified atom stereocenters. The maximum absolute atomic E-state index is 13.3. The van der Waals surface area contributed by atoms with E-state index in [1.165, 1.54) is 48.8 Å². The van der Waals surface area contributed by atoms with Crippen molar-refractivity contribution in [3.05, 3.63) is 59.1 Å². The van der Waals surface area contributed by atoms with E-state index in [2.05, 4.69) is 15.0 Å². The zero-order valence-corrected chi connectivity index (χ0v) is 17.7. The van der Waals surface area contributed by atoms with Gasteiger partial charge in [-0.15, -0.1) is 11.3 Å². The lowest BCUT2D eigenvalue weighted by Crippen LogP contribution is -2.42. The third-order valence-electron chi connectivity index (χ3n) is 4.56. The lowest BCUT2D eigenvalue weighted by atomic mass is 10.1. The van der Waals surface area contributed by atoms with Crippen LogP contribution < -0.4 is 9.62 Å². The average Bonchev–Trinajstić information content (AvgIpc) is 3.18. The number of fused-ring (bicyclic) bond motifs is 1. The summed E-state index contributed by atoms with van der Waals surface area (Å²) in [5, 5.41) is 5.33. The van der Waals surface area contributed by atoms with Gasteiger partial charge in [0, 0.05) is 16.6 Å². The maximum Gasteiger partial charge on any atom is 0.337 e. The second-order valence-electron chi connectivity index (χ2n) is 6.60. The van der Waals surface area contributed by atoms with Gasteiger partial charge in [-0.05, 0) is 37.3 Å². The molecule has 0 fully saturated rings. The number of methoxy groups -OCH3 is 1. The molecule has 4 rings (SSSR count). The number of aromatic nitrogens is 1. The van der Waals surface area contributed by atoms with Gasteiger partial charge in [0.25, 0.3) is 10.0 Å². The molecular weight excluding hydrogens is 426 g/mol. The molecule has 3 aromatic rings. The molecule has 1 N–H and O–H groups in total. The number of carbonyl (C=O) groups excluding carboxylic acids is 2. The van der Waals surface area contributed by atoms with Gasteiger partial charge < -0.3 is 10.1 Å². The molecule has 10 heteroatoms. The van der Waals surface area contributed by atoms with Crippen LogP contribution in [0.4, 0.5) is 11.4 Å². The van der Waals surface area contributed by atoms with Crippen LogP contribution in [0, 0.1) is 6.92 Å². The van der Waals surface area contributed by atoms with Crippen molar-refractivity contribution in [1.82, 2.24) is 4.98 Å². The Hall–Kier alpha value is -3.24. The Morgan fingerprint density at radius 3 is 2.57 bits per heavy atom. The molecule has 0 atom stereocenters. The number of rotatable bonds is 4. The number of esters is 1. The molecule has 1 aliphatic heterocycles. The van der Waals surface area contributed by atoms with Gasteiger partial charge in [-0.3, -0.25) is 9.10 Å². The average molecular weight is 444 g/mol. The maximum atomic E-state index is 13.3. The van der Waals surface area contributed by atoms with Crippen molar-refractivity contribution in [2.45, 2.75) is 11.8 Å². The Balaban J connectivity index is 1.71. The molecule has 0 radical (unpaired) electrons. The van der Waals surface area contributed by atoms with Gasteiger partial charge in [-0.1, -0.05) is 12.1 Å². The normalized spacial score (nSPS) is 13.5. The van der Waals surface area contributed by atoms with E-state index in [1.807, 2.05) is 12.3 Å².